The standard InChI is InChI=1S/C12H19NO2/c1-3-4-7-15-11-5-6-12(13-2)10(8-11)9-14/h5-6,8,13-14H,3-4,7,9H2,1-2H3. The second-order valence-electron chi connectivity index (χ2n) is 3.43. The number of hydrogen-bond donors (Lipinski definition) is 2. The van der Waals surface area contributed by atoms with Gasteiger partial charge in [0.1, 0.15) is 5.75 Å². The summed E-state index contributed by atoms with van der Waals surface area (Å²) in [6.07, 6.45) is 2.18. The molecule has 1 aromatic rings. The molecule has 1 rings (SSSR count). The van der Waals surface area contributed by atoms with Gasteiger partial charge in [0.25, 0.3) is 0 Å². The topological polar surface area (TPSA) is 41.5 Å². The summed E-state index contributed by atoms with van der Waals surface area (Å²) in [6, 6.07) is 5.72. The molecular weight excluding hydrogens is 190 g/mol. The predicted molar refractivity (Wildman–Crippen MR) is 62.3 cm³/mol. The average Bonchev–Trinajstić information content (AvgIpc) is 2.29. The van der Waals surface area contributed by atoms with Crippen LogP contribution in [0.2, 0.25) is 0 Å². The van der Waals surface area contributed by atoms with E-state index in [2.05, 4.69) is 12.2 Å². The summed E-state index contributed by atoms with van der Waals surface area (Å²) in [5, 5.41) is 12.2. The fraction of sp³-hybridized carbons (Fsp3) is 0.500. The van der Waals surface area contributed by atoms with Gasteiger partial charge in [-0.1, -0.05) is 13.3 Å². The third kappa shape index (κ3) is 3.44. The lowest BCUT2D eigenvalue weighted by molar-refractivity contribution is 0.279. The van der Waals surface area contributed by atoms with Crippen LogP contribution < -0.4 is 10.1 Å². The number of nitrogens with one attached hydrogen (secondary N) is 1. The zero-order valence-electron chi connectivity index (χ0n) is 9.42. The molecule has 0 saturated carbocycles. The summed E-state index contributed by atoms with van der Waals surface area (Å²) in [7, 11) is 1.84. The quantitative estimate of drug-likeness (QED) is 0.707. The van der Waals surface area contributed by atoms with Gasteiger partial charge >= 0.3 is 0 Å². The number of aliphatic hydroxyl groups is 1. The number of aliphatic hydroxyl groups excluding tert-OH is 1. The highest BCUT2D eigenvalue weighted by Crippen LogP contribution is 2.21. The van der Waals surface area contributed by atoms with Crippen LogP contribution in [0.3, 0.4) is 0 Å². The third-order valence-electron chi connectivity index (χ3n) is 2.28. The molecule has 0 unspecified atom stereocenters. The number of benzene rings is 1. The molecule has 3 heteroatoms. The molecule has 0 spiro atoms. The molecule has 0 fully saturated rings. The fourth-order valence-corrected chi connectivity index (χ4v) is 1.37. The Morgan fingerprint density at radius 1 is 1.40 bits per heavy atom. The molecule has 0 aliphatic carbocycles. The van der Waals surface area contributed by atoms with Crippen molar-refractivity contribution in [2.24, 2.45) is 0 Å². The Kier molecular flexibility index (Phi) is 4.98. The van der Waals surface area contributed by atoms with E-state index in [-0.39, 0.29) is 6.61 Å². The van der Waals surface area contributed by atoms with Gasteiger partial charge in [0.15, 0.2) is 0 Å². The molecule has 84 valence electrons. The van der Waals surface area contributed by atoms with Crippen LogP contribution in [0.4, 0.5) is 5.69 Å². The Balaban J connectivity index is 2.66. The van der Waals surface area contributed by atoms with Gasteiger partial charge in [-0.2, -0.15) is 0 Å². The molecule has 0 aliphatic heterocycles. The van der Waals surface area contributed by atoms with Crippen molar-refractivity contribution in [1.82, 2.24) is 0 Å². The lowest BCUT2D eigenvalue weighted by Gasteiger charge is -2.10. The van der Waals surface area contributed by atoms with Crippen molar-refractivity contribution >= 4 is 5.69 Å². The minimum atomic E-state index is 0.0289. The molecule has 15 heavy (non-hydrogen) atoms. The minimum absolute atomic E-state index is 0.0289. The maximum atomic E-state index is 9.15. The Labute approximate surface area is 91.1 Å². The van der Waals surface area contributed by atoms with E-state index in [4.69, 9.17) is 9.84 Å². The largest absolute Gasteiger partial charge is 0.494 e. The van der Waals surface area contributed by atoms with E-state index in [0.717, 1.165) is 36.4 Å². The van der Waals surface area contributed by atoms with Crippen molar-refractivity contribution in [1.29, 1.82) is 0 Å². The van der Waals surface area contributed by atoms with Gasteiger partial charge in [-0.25, -0.2) is 0 Å². The van der Waals surface area contributed by atoms with E-state index in [1.807, 2.05) is 25.2 Å². The Bertz CT molecular complexity index is 300. The van der Waals surface area contributed by atoms with Gasteiger partial charge < -0.3 is 15.2 Å². The van der Waals surface area contributed by atoms with E-state index < -0.39 is 0 Å². The van der Waals surface area contributed by atoms with E-state index in [9.17, 15) is 0 Å². The molecule has 2 N–H and O–H groups in total. The van der Waals surface area contributed by atoms with E-state index in [1.54, 1.807) is 0 Å². The van der Waals surface area contributed by atoms with Crippen LogP contribution >= 0.6 is 0 Å². The van der Waals surface area contributed by atoms with Crippen molar-refractivity contribution in [3.05, 3.63) is 23.8 Å². The summed E-state index contributed by atoms with van der Waals surface area (Å²) in [4.78, 5) is 0. The summed E-state index contributed by atoms with van der Waals surface area (Å²) in [5.74, 6) is 0.825. The first-order chi connectivity index (χ1) is 7.31. The lowest BCUT2D eigenvalue weighted by Crippen LogP contribution is -1.99. The SMILES string of the molecule is CCCCOc1ccc(NC)c(CO)c1. The number of ether oxygens (including phenoxy) is 1. The maximum Gasteiger partial charge on any atom is 0.119 e. The monoisotopic (exact) mass is 209 g/mol. The molecule has 3 nitrogen and oxygen atoms in total. The highest BCUT2D eigenvalue weighted by molar-refractivity contribution is 5.53. The van der Waals surface area contributed by atoms with Crippen LogP contribution in [0.15, 0.2) is 18.2 Å². The molecule has 0 saturated heterocycles. The van der Waals surface area contributed by atoms with Crippen molar-refractivity contribution in [2.75, 3.05) is 19.0 Å². The maximum absolute atomic E-state index is 9.15. The molecule has 0 aliphatic rings. The minimum Gasteiger partial charge on any atom is -0.494 e. The second-order valence-corrected chi connectivity index (χ2v) is 3.43. The van der Waals surface area contributed by atoms with Crippen molar-refractivity contribution in [2.45, 2.75) is 26.4 Å². The summed E-state index contributed by atoms with van der Waals surface area (Å²) in [6.45, 7) is 2.90. The van der Waals surface area contributed by atoms with Crippen LogP contribution in [-0.2, 0) is 6.61 Å². The van der Waals surface area contributed by atoms with Crippen LogP contribution in [0.1, 0.15) is 25.3 Å². The van der Waals surface area contributed by atoms with E-state index >= 15 is 0 Å². The van der Waals surface area contributed by atoms with E-state index in [1.165, 1.54) is 0 Å². The second kappa shape index (κ2) is 6.30. The first kappa shape index (κ1) is 11.9. The van der Waals surface area contributed by atoms with Gasteiger partial charge in [0.05, 0.1) is 13.2 Å². The van der Waals surface area contributed by atoms with Gasteiger partial charge in [-0.3, -0.25) is 0 Å². The highest BCUT2D eigenvalue weighted by Gasteiger charge is 2.02. The van der Waals surface area contributed by atoms with Gasteiger partial charge in [-0.05, 0) is 24.6 Å². The normalized spacial score (nSPS) is 10.1. The fourth-order valence-electron chi connectivity index (χ4n) is 1.37. The third-order valence-corrected chi connectivity index (χ3v) is 2.28. The van der Waals surface area contributed by atoms with Gasteiger partial charge in [0.2, 0.25) is 0 Å². The smallest absolute Gasteiger partial charge is 0.119 e. The zero-order valence-corrected chi connectivity index (χ0v) is 9.42. The first-order valence-electron chi connectivity index (χ1n) is 5.36. The molecule has 0 bridgehead atoms. The number of unbranched alkanes of at least 4 members (excludes halogenated alkanes) is 1. The number of hydrogen-bond acceptors (Lipinski definition) is 3. The Morgan fingerprint density at radius 2 is 2.20 bits per heavy atom. The van der Waals surface area contributed by atoms with Crippen LogP contribution in [-0.4, -0.2) is 18.8 Å². The van der Waals surface area contributed by atoms with Gasteiger partial charge in [0, 0.05) is 18.3 Å². The highest BCUT2D eigenvalue weighted by atomic mass is 16.5. The summed E-state index contributed by atoms with van der Waals surface area (Å²) >= 11 is 0. The summed E-state index contributed by atoms with van der Waals surface area (Å²) in [5.41, 5.74) is 1.81. The molecule has 0 atom stereocenters. The number of anilines is 1. The Hall–Kier alpha value is -1.22. The van der Waals surface area contributed by atoms with Crippen molar-refractivity contribution in [3.8, 4) is 5.75 Å². The predicted octanol–water partition coefficient (Wildman–Crippen LogP) is 2.40. The van der Waals surface area contributed by atoms with Gasteiger partial charge in [-0.15, -0.1) is 0 Å². The first-order valence-corrected chi connectivity index (χ1v) is 5.36. The van der Waals surface area contributed by atoms with Crippen LogP contribution in [0.25, 0.3) is 0 Å². The molecule has 0 amide bonds. The average molecular weight is 209 g/mol. The van der Waals surface area contributed by atoms with Crippen LogP contribution in [0, 0.1) is 0 Å². The Morgan fingerprint density at radius 3 is 2.80 bits per heavy atom. The molecule has 0 radical (unpaired) electrons. The van der Waals surface area contributed by atoms with E-state index in [0.29, 0.717) is 0 Å². The van der Waals surface area contributed by atoms with Crippen molar-refractivity contribution < 1.29 is 9.84 Å². The molecule has 0 aromatic heterocycles. The lowest BCUT2D eigenvalue weighted by atomic mass is 10.2. The van der Waals surface area contributed by atoms with Crippen LogP contribution in [0.5, 0.6) is 5.75 Å². The zero-order chi connectivity index (χ0) is 11.1. The molecule has 1 aromatic carbocycles. The molecule has 0 heterocycles. The summed E-state index contributed by atoms with van der Waals surface area (Å²) < 4.78 is 5.55. The van der Waals surface area contributed by atoms with Crippen molar-refractivity contribution in [3.63, 3.8) is 0 Å². The number of rotatable bonds is 6. The molecular formula is C12H19NO2.